The summed E-state index contributed by atoms with van der Waals surface area (Å²) < 4.78 is 32.9. The number of aromatic nitrogens is 6. The van der Waals surface area contributed by atoms with Crippen molar-refractivity contribution in [3.63, 3.8) is 0 Å². The van der Waals surface area contributed by atoms with Gasteiger partial charge in [-0.15, -0.1) is 0 Å². The third-order valence-electron chi connectivity index (χ3n) is 5.17. The first kappa shape index (κ1) is 22.3. The Labute approximate surface area is 188 Å². The molecule has 0 saturated heterocycles. The fourth-order valence-corrected chi connectivity index (χ4v) is 3.35. The molecule has 0 aliphatic carbocycles. The van der Waals surface area contributed by atoms with Crippen LogP contribution in [0.5, 0.6) is 5.75 Å². The first-order valence-corrected chi connectivity index (χ1v) is 10.4. The fraction of sp³-hybridized carbons (Fsp3) is 0.261. The predicted molar refractivity (Wildman–Crippen MR) is 118 cm³/mol. The molecule has 0 bridgehead atoms. The highest BCUT2D eigenvalue weighted by atomic mass is 19.3. The van der Waals surface area contributed by atoms with Gasteiger partial charge in [-0.05, 0) is 18.6 Å². The van der Waals surface area contributed by atoms with Gasteiger partial charge in [-0.3, -0.25) is 9.48 Å². The molecule has 0 aliphatic rings. The van der Waals surface area contributed by atoms with Crippen molar-refractivity contribution < 1.29 is 13.5 Å². The van der Waals surface area contributed by atoms with E-state index in [1.807, 2.05) is 44.3 Å². The van der Waals surface area contributed by atoms with E-state index in [0.717, 1.165) is 23.4 Å². The summed E-state index contributed by atoms with van der Waals surface area (Å²) in [4.78, 5) is 21.0. The second-order valence-electron chi connectivity index (χ2n) is 7.38. The minimum absolute atomic E-state index is 0.163. The highest BCUT2D eigenvalue weighted by molar-refractivity contribution is 5.57. The molecule has 0 aliphatic heterocycles. The van der Waals surface area contributed by atoms with E-state index < -0.39 is 13.0 Å². The Kier molecular flexibility index (Phi) is 6.53. The van der Waals surface area contributed by atoms with Crippen LogP contribution in [0, 0.1) is 0 Å². The van der Waals surface area contributed by atoms with Crippen molar-refractivity contribution >= 4 is 0 Å². The third kappa shape index (κ3) is 5.11. The van der Waals surface area contributed by atoms with Gasteiger partial charge in [-0.2, -0.15) is 10.2 Å². The van der Waals surface area contributed by atoms with Crippen LogP contribution in [-0.4, -0.2) is 42.6 Å². The summed E-state index contributed by atoms with van der Waals surface area (Å²) in [5, 5.41) is 8.46. The first-order valence-electron chi connectivity index (χ1n) is 10.4. The zero-order valence-corrected chi connectivity index (χ0v) is 18.1. The summed E-state index contributed by atoms with van der Waals surface area (Å²) in [7, 11) is 0. The SMILES string of the molecule is CCn1cc(-n2cc(C(C)c3cccc(-c4ncc(OCC(F)F)cn4)c3)c(=O)cn2)cn1. The molecule has 0 N–H and O–H groups in total. The molecule has 170 valence electrons. The largest absolute Gasteiger partial charge is 0.484 e. The van der Waals surface area contributed by atoms with Crippen LogP contribution in [0.2, 0.25) is 0 Å². The van der Waals surface area contributed by atoms with Crippen LogP contribution >= 0.6 is 0 Å². The first-order chi connectivity index (χ1) is 15.9. The van der Waals surface area contributed by atoms with E-state index in [1.165, 1.54) is 18.6 Å². The van der Waals surface area contributed by atoms with Crippen molar-refractivity contribution in [3.8, 4) is 22.8 Å². The number of alkyl halides is 2. The van der Waals surface area contributed by atoms with E-state index >= 15 is 0 Å². The van der Waals surface area contributed by atoms with Gasteiger partial charge in [-0.25, -0.2) is 23.4 Å². The Morgan fingerprint density at radius 1 is 1.06 bits per heavy atom. The molecule has 0 saturated carbocycles. The Bertz CT molecular complexity index is 1290. The van der Waals surface area contributed by atoms with Gasteiger partial charge >= 0.3 is 0 Å². The van der Waals surface area contributed by atoms with Crippen LogP contribution in [0.25, 0.3) is 17.1 Å². The summed E-state index contributed by atoms with van der Waals surface area (Å²) in [5.74, 6) is 0.376. The Morgan fingerprint density at radius 2 is 1.85 bits per heavy atom. The maximum Gasteiger partial charge on any atom is 0.272 e. The van der Waals surface area contributed by atoms with Crippen molar-refractivity contribution in [1.82, 2.24) is 29.5 Å². The van der Waals surface area contributed by atoms with Gasteiger partial charge in [0.2, 0.25) is 5.43 Å². The molecule has 4 aromatic rings. The highest BCUT2D eigenvalue weighted by Gasteiger charge is 2.16. The zero-order valence-electron chi connectivity index (χ0n) is 18.1. The average molecular weight is 452 g/mol. The number of aryl methyl sites for hydroxylation is 1. The maximum atomic E-state index is 12.6. The standard InChI is InChI=1S/C23H22F2N6O2/c1-3-30-12-18(8-28-30)31-13-20(21(32)11-29-31)15(2)16-5-4-6-17(7-16)23-26-9-19(10-27-23)33-14-22(24)25/h4-13,15,22H,3,14H2,1-2H3. The van der Waals surface area contributed by atoms with Crippen molar-refractivity contribution in [2.75, 3.05) is 6.61 Å². The van der Waals surface area contributed by atoms with E-state index in [1.54, 1.807) is 21.8 Å². The van der Waals surface area contributed by atoms with Crippen LogP contribution < -0.4 is 10.2 Å². The van der Waals surface area contributed by atoms with E-state index in [-0.39, 0.29) is 17.1 Å². The number of benzene rings is 1. The second kappa shape index (κ2) is 9.68. The lowest BCUT2D eigenvalue weighted by Crippen LogP contribution is -2.17. The van der Waals surface area contributed by atoms with Gasteiger partial charge in [0.1, 0.15) is 12.3 Å². The molecule has 8 nitrogen and oxygen atoms in total. The summed E-state index contributed by atoms with van der Waals surface area (Å²) >= 11 is 0. The molecular formula is C23H22F2N6O2. The Balaban J connectivity index is 1.59. The average Bonchev–Trinajstić information content (AvgIpc) is 3.32. The summed E-state index contributed by atoms with van der Waals surface area (Å²) in [5.41, 5.74) is 2.82. The van der Waals surface area contributed by atoms with E-state index in [9.17, 15) is 13.6 Å². The lowest BCUT2D eigenvalue weighted by Gasteiger charge is -2.14. The molecule has 3 aromatic heterocycles. The van der Waals surface area contributed by atoms with Gasteiger partial charge < -0.3 is 4.74 Å². The molecule has 0 fully saturated rings. The Morgan fingerprint density at radius 3 is 2.55 bits per heavy atom. The van der Waals surface area contributed by atoms with E-state index in [4.69, 9.17) is 4.74 Å². The lowest BCUT2D eigenvalue weighted by molar-refractivity contribution is 0.0815. The minimum Gasteiger partial charge on any atom is -0.484 e. The van der Waals surface area contributed by atoms with Crippen LogP contribution in [0.4, 0.5) is 8.78 Å². The predicted octanol–water partition coefficient (Wildman–Crippen LogP) is 3.70. The summed E-state index contributed by atoms with van der Waals surface area (Å²) in [6, 6.07) is 7.53. The number of halogens is 2. The van der Waals surface area contributed by atoms with Crippen LogP contribution in [0.15, 0.2) is 66.2 Å². The molecule has 1 aromatic carbocycles. The van der Waals surface area contributed by atoms with Crippen molar-refractivity contribution in [2.45, 2.75) is 32.7 Å². The molecule has 0 spiro atoms. The van der Waals surface area contributed by atoms with Crippen molar-refractivity contribution in [1.29, 1.82) is 0 Å². The van der Waals surface area contributed by atoms with Gasteiger partial charge in [0.25, 0.3) is 6.43 Å². The number of hydrogen-bond acceptors (Lipinski definition) is 6. The molecule has 0 radical (unpaired) electrons. The highest BCUT2D eigenvalue weighted by Crippen LogP contribution is 2.26. The molecule has 1 unspecified atom stereocenters. The topological polar surface area (TPSA) is 87.7 Å². The van der Waals surface area contributed by atoms with E-state index in [2.05, 4.69) is 20.2 Å². The maximum absolute atomic E-state index is 12.6. The molecule has 1 atom stereocenters. The van der Waals surface area contributed by atoms with Gasteiger partial charge in [0.05, 0.1) is 31.0 Å². The third-order valence-corrected chi connectivity index (χ3v) is 5.17. The number of nitrogens with zero attached hydrogens (tertiary/aromatic N) is 6. The lowest BCUT2D eigenvalue weighted by atomic mass is 9.93. The van der Waals surface area contributed by atoms with E-state index in [0.29, 0.717) is 11.4 Å². The molecule has 4 rings (SSSR count). The summed E-state index contributed by atoms with van der Waals surface area (Å²) in [6.45, 7) is 3.96. The van der Waals surface area contributed by atoms with Crippen molar-refractivity contribution in [3.05, 3.63) is 82.8 Å². The number of hydrogen-bond donors (Lipinski definition) is 0. The van der Waals surface area contributed by atoms with Crippen molar-refractivity contribution in [2.24, 2.45) is 0 Å². The normalized spacial score (nSPS) is 12.2. The van der Waals surface area contributed by atoms with Crippen LogP contribution in [-0.2, 0) is 6.54 Å². The Hall–Kier alpha value is -3.95. The van der Waals surface area contributed by atoms with Gasteiger partial charge in [0.15, 0.2) is 11.6 Å². The number of rotatable bonds is 8. The molecule has 3 heterocycles. The second-order valence-corrected chi connectivity index (χ2v) is 7.38. The van der Waals surface area contributed by atoms with Gasteiger partial charge in [-0.1, -0.05) is 25.1 Å². The molecule has 0 amide bonds. The molecule has 33 heavy (non-hydrogen) atoms. The number of ether oxygens (including phenoxy) is 1. The zero-order chi connectivity index (χ0) is 23.4. The summed E-state index contributed by atoms with van der Waals surface area (Å²) in [6.07, 6.45) is 6.74. The van der Waals surface area contributed by atoms with Crippen LogP contribution in [0.1, 0.15) is 30.9 Å². The fourth-order valence-electron chi connectivity index (χ4n) is 3.35. The minimum atomic E-state index is -2.57. The monoisotopic (exact) mass is 452 g/mol. The van der Waals surface area contributed by atoms with Gasteiger partial charge in [0, 0.05) is 29.8 Å². The van der Waals surface area contributed by atoms with Crippen LogP contribution in [0.3, 0.4) is 0 Å². The smallest absolute Gasteiger partial charge is 0.272 e. The molecular weight excluding hydrogens is 430 g/mol. The molecule has 10 heteroatoms. The quantitative estimate of drug-likeness (QED) is 0.405.